The summed E-state index contributed by atoms with van der Waals surface area (Å²) in [6.07, 6.45) is 6.03. The Hall–Kier alpha value is -5.04. The number of benzene rings is 1. The lowest BCUT2D eigenvalue weighted by Crippen LogP contribution is -2.50. The standard InChI is InChI=1S/C29H42N6O3.C22H36N6O3/c1-29(2,3)38-28(36)35-17-15-34(16-18-35)26-24-12-14-33(19-22-9-6-5-7-10-22)20-25(24)30-27(31-26)37-21-23-11-8-13-32(23)4;1-22(2,3)31-21(29)28-12-10-27(11-13-28)19-17-7-8-23-14-18(17)24-20(25-19)30-15-16-6-5-9-26(16)4/h5-7,9-10,23H,8,11-21H2,1-4H3;16,23H,5-15H2,1-4H3/t23-;16-/m00/s1. The zero-order valence-corrected chi connectivity index (χ0v) is 42.7. The molecule has 2 amide bonds. The molecule has 9 rings (SSSR count). The van der Waals surface area contributed by atoms with Gasteiger partial charge in [-0.2, -0.15) is 19.9 Å². The van der Waals surface area contributed by atoms with Crippen molar-refractivity contribution in [2.24, 2.45) is 0 Å². The van der Waals surface area contributed by atoms with Gasteiger partial charge < -0.3 is 53.7 Å². The maximum atomic E-state index is 12.6. The number of anilines is 2. The Labute approximate surface area is 410 Å². The van der Waals surface area contributed by atoms with Crippen molar-refractivity contribution in [2.45, 2.75) is 123 Å². The van der Waals surface area contributed by atoms with Crippen LogP contribution in [0.25, 0.3) is 0 Å². The SMILES string of the molecule is CN1CCC[C@H]1COc1nc2c(c(N3CCN(C(=O)OC(C)(C)C)CC3)n1)CCN(Cc1ccccc1)C2.CN1CCC[C@H]1COc1nc2c(c(N3CCN(C(=O)OC(C)(C)C)CC3)n1)CCNC2. The molecule has 2 atom stereocenters. The number of hydrogen-bond donors (Lipinski definition) is 1. The van der Waals surface area contributed by atoms with Crippen molar-refractivity contribution in [2.75, 3.05) is 116 Å². The third-order valence-corrected chi connectivity index (χ3v) is 13.9. The molecular formula is C51H78N12O6. The van der Waals surface area contributed by atoms with E-state index in [1.165, 1.54) is 29.5 Å². The Bertz CT molecular complexity index is 2190. The van der Waals surface area contributed by atoms with E-state index in [0.717, 1.165) is 108 Å². The normalized spacial score (nSPS) is 21.6. The molecule has 0 radical (unpaired) electrons. The first kappa shape index (κ1) is 50.4. The number of nitrogens with zero attached hydrogens (tertiary/aromatic N) is 11. The molecule has 18 heteroatoms. The summed E-state index contributed by atoms with van der Waals surface area (Å²) in [4.78, 5) is 59.7. The average molecular weight is 955 g/mol. The maximum absolute atomic E-state index is 12.6. The molecule has 1 N–H and O–H groups in total. The third kappa shape index (κ3) is 13.6. The predicted molar refractivity (Wildman–Crippen MR) is 266 cm³/mol. The van der Waals surface area contributed by atoms with Gasteiger partial charge in [-0.15, -0.1) is 0 Å². The number of carbonyl (C=O) groups is 2. The van der Waals surface area contributed by atoms with Crippen molar-refractivity contribution in [3.63, 3.8) is 0 Å². The molecule has 18 nitrogen and oxygen atoms in total. The van der Waals surface area contributed by atoms with Crippen LogP contribution < -0.4 is 24.6 Å². The molecular weight excluding hydrogens is 877 g/mol. The fraction of sp³-hybridized carbons (Fsp3) is 0.686. The van der Waals surface area contributed by atoms with Crippen LogP contribution in [0.15, 0.2) is 30.3 Å². The largest absolute Gasteiger partial charge is 0.462 e. The summed E-state index contributed by atoms with van der Waals surface area (Å²) in [6.45, 7) is 24.5. The summed E-state index contributed by atoms with van der Waals surface area (Å²) >= 11 is 0. The molecule has 6 aliphatic heterocycles. The van der Waals surface area contributed by atoms with Crippen LogP contribution in [0.1, 0.15) is 95.3 Å². The van der Waals surface area contributed by atoms with E-state index in [1.54, 1.807) is 9.80 Å². The van der Waals surface area contributed by atoms with Crippen LogP contribution in [-0.4, -0.2) is 186 Å². The second-order valence-corrected chi connectivity index (χ2v) is 21.5. The number of likely N-dealkylation sites (N-methyl/N-ethyl adjacent to an activating group) is 2. The number of hydrogen-bond acceptors (Lipinski definition) is 16. The number of aromatic nitrogens is 4. The van der Waals surface area contributed by atoms with Crippen LogP contribution >= 0.6 is 0 Å². The highest BCUT2D eigenvalue weighted by Crippen LogP contribution is 2.32. The second-order valence-electron chi connectivity index (χ2n) is 21.5. The lowest BCUT2D eigenvalue weighted by atomic mass is 10.0. The van der Waals surface area contributed by atoms with Gasteiger partial charge in [0.15, 0.2) is 0 Å². The summed E-state index contributed by atoms with van der Waals surface area (Å²) in [6, 6.07) is 12.4. The smallest absolute Gasteiger partial charge is 0.410 e. The molecule has 1 aromatic carbocycles. The van der Waals surface area contributed by atoms with Crippen LogP contribution in [0.3, 0.4) is 0 Å². The van der Waals surface area contributed by atoms with Gasteiger partial charge in [0.2, 0.25) is 0 Å². The Kier molecular flexibility index (Phi) is 16.3. The Balaban J connectivity index is 0.000000190. The molecule has 8 heterocycles. The molecule has 6 aliphatic rings. The fourth-order valence-electron chi connectivity index (χ4n) is 9.96. The third-order valence-electron chi connectivity index (χ3n) is 13.9. The minimum absolute atomic E-state index is 0.245. The number of nitrogens with one attached hydrogen (secondary N) is 1. The van der Waals surface area contributed by atoms with Gasteiger partial charge in [-0.25, -0.2) is 9.59 Å². The van der Waals surface area contributed by atoms with Crippen molar-refractivity contribution in [1.29, 1.82) is 0 Å². The predicted octanol–water partition coefficient (Wildman–Crippen LogP) is 5.22. The van der Waals surface area contributed by atoms with Crippen molar-refractivity contribution in [1.82, 2.24) is 49.8 Å². The molecule has 0 saturated carbocycles. The van der Waals surface area contributed by atoms with E-state index in [1.807, 2.05) is 41.5 Å². The number of fused-ring (bicyclic) bond motifs is 2. The zero-order valence-electron chi connectivity index (χ0n) is 42.7. The van der Waals surface area contributed by atoms with E-state index in [0.29, 0.717) is 76.6 Å². The van der Waals surface area contributed by atoms with Gasteiger partial charge in [0.05, 0.1) is 11.4 Å². The summed E-state index contributed by atoms with van der Waals surface area (Å²) in [5.74, 6) is 1.93. The monoisotopic (exact) mass is 955 g/mol. The summed E-state index contributed by atoms with van der Waals surface area (Å²) in [7, 11) is 4.31. The molecule has 4 saturated heterocycles. The topological polar surface area (TPSA) is 157 Å². The highest BCUT2D eigenvalue weighted by Gasteiger charge is 2.33. The van der Waals surface area contributed by atoms with E-state index < -0.39 is 11.2 Å². The first-order valence-electron chi connectivity index (χ1n) is 25.4. The van der Waals surface area contributed by atoms with Crippen molar-refractivity contribution in [3.8, 4) is 12.0 Å². The molecule has 0 spiro atoms. The van der Waals surface area contributed by atoms with E-state index in [9.17, 15) is 9.59 Å². The Morgan fingerprint density at radius 1 is 0.623 bits per heavy atom. The van der Waals surface area contributed by atoms with E-state index in [2.05, 4.69) is 74.2 Å². The number of piperazine rings is 2. The Morgan fingerprint density at radius 2 is 1.12 bits per heavy atom. The number of ether oxygens (including phenoxy) is 4. The maximum Gasteiger partial charge on any atom is 0.410 e. The fourth-order valence-corrected chi connectivity index (χ4v) is 9.96. The first-order chi connectivity index (χ1) is 33.0. The summed E-state index contributed by atoms with van der Waals surface area (Å²) in [5, 5.41) is 3.40. The van der Waals surface area contributed by atoms with Crippen LogP contribution in [0, 0.1) is 0 Å². The second kappa shape index (κ2) is 22.4. The molecule has 3 aromatic rings. The van der Waals surface area contributed by atoms with Gasteiger partial charge in [0, 0.05) is 102 Å². The molecule has 0 bridgehead atoms. The van der Waals surface area contributed by atoms with Crippen molar-refractivity contribution in [3.05, 3.63) is 58.4 Å². The number of likely N-dealkylation sites (tertiary alicyclic amines) is 2. The number of amides is 2. The molecule has 69 heavy (non-hydrogen) atoms. The molecule has 4 fully saturated rings. The van der Waals surface area contributed by atoms with Gasteiger partial charge in [0.1, 0.15) is 36.1 Å². The van der Waals surface area contributed by atoms with Gasteiger partial charge in [0.25, 0.3) is 0 Å². The van der Waals surface area contributed by atoms with Crippen molar-refractivity contribution < 1.29 is 28.5 Å². The number of rotatable bonds is 10. The highest BCUT2D eigenvalue weighted by atomic mass is 16.6. The van der Waals surface area contributed by atoms with Gasteiger partial charge in [-0.1, -0.05) is 30.3 Å². The lowest BCUT2D eigenvalue weighted by Gasteiger charge is -2.38. The van der Waals surface area contributed by atoms with Crippen molar-refractivity contribution >= 4 is 23.8 Å². The van der Waals surface area contributed by atoms with E-state index in [-0.39, 0.29) is 12.2 Å². The first-order valence-corrected chi connectivity index (χ1v) is 25.4. The van der Waals surface area contributed by atoms with Crippen LogP contribution in [0.2, 0.25) is 0 Å². The summed E-state index contributed by atoms with van der Waals surface area (Å²) in [5.41, 5.74) is 4.84. The minimum atomic E-state index is -0.495. The highest BCUT2D eigenvalue weighted by molar-refractivity contribution is 5.69. The van der Waals surface area contributed by atoms with Gasteiger partial charge in [-0.3, -0.25) is 4.90 Å². The quantitative estimate of drug-likeness (QED) is 0.282. The lowest BCUT2D eigenvalue weighted by molar-refractivity contribution is 0.0230. The Morgan fingerprint density at radius 3 is 1.59 bits per heavy atom. The minimum Gasteiger partial charge on any atom is -0.462 e. The molecule has 0 aliphatic carbocycles. The van der Waals surface area contributed by atoms with Crippen LogP contribution in [0.5, 0.6) is 12.0 Å². The molecule has 0 unspecified atom stereocenters. The van der Waals surface area contributed by atoms with Crippen LogP contribution in [-0.2, 0) is 41.9 Å². The average Bonchev–Trinajstić information content (AvgIpc) is 3.95. The van der Waals surface area contributed by atoms with Crippen LogP contribution in [0.4, 0.5) is 21.2 Å². The van der Waals surface area contributed by atoms with E-state index >= 15 is 0 Å². The molecule has 378 valence electrons. The van der Waals surface area contributed by atoms with Gasteiger partial charge in [-0.05, 0) is 119 Å². The number of carbonyl (C=O) groups excluding carboxylic acids is 2. The molecule has 2 aromatic heterocycles. The van der Waals surface area contributed by atoms with E-state index in [4.69, 9.17) is 38.9 Å². The zero-order chi connectivity index (χ0) is 48.7. The summed E-state index contributed by atoms with van der Waals surface area (Å²) < 4.78 is 23.4. The van der Waals surface area contributed by atoms with Gasteiger partial charge >= 0.3 is 24.2 Å².